The number of hydrogen-bond donors (Lipinski definition) is 1. The molecule has 0 aliphatic carbocycles. The van der Waals surface area contributed by atoms with E-state index in [2.05, 4.69) is 10.2 Å². The van der Waals surface area contributed by atoms with Crippen LogP contribution in [0.2, 0.25) is 0 Å². The molecule has 0 amide bonds. The van der Waals surface area contributed by atoms with Crippen LogP contribution in [0.3, 0.4) is 0 Å². The summed E-state index contributed by atoms with van der Waals surface area (Å²) in [5.74, 6) is 0.694. The Morgan fingerprint density at radius 2 is 2.36 bits per heavy atom. The first kappa shape index (κ1) is 8.83. The van der Waals surface area contributed by atoms with Crippen molar-refractivity contribution in [1.82, 2.24) is 14.6 Å². The monoisotopic (exact) mass is 191 g/mol. The Hall–Kier alpha value is -1.75. The van der Waals surface area contributed by atoms with E-state index in [9.17, 15) is 4.79 Å². The molecule has 0 saturated carbocycles. The van der Waals surface area contributed by atoms with E-state index >= 15 is 0 Å². The minimum absolute atomic E-state index is 0.0379. The van der Waals surface area contributed by atoms with Crippen LogP contribution >= 0.6 is 0 Å². The Labute approximate surface area is 80.0 Å². The number of aldehydes is 1. The van der Waals surface area contributed by atoms with Gasteiger partial charge in [0.15, 0.2) is 5.65 Å². The lowest BCUT2D eigenvalue weighted by molar-refractivity contribution is 0.112. The fourth-order valence-electron chi connectivity index (χ4n) is 1.30. The van der Waals surface area contributed by atoms with Crippen LogP contribution in [0.25, 0.3) is 5.65 Å². The van der Waals surface area contributed by atoms with E-state index in [4.69, 9.17) is 5.11 Å². The smallest absolute Gasteiger partial charge is 0.161 e. The van der Waals surface area contributed by atoms with Gasteiger partial charge >= 0.3 is 0 Å². The van der Waals surface area contributed by atoms with Gasteiger partial charge in [0.2, 0.25) is 0 Å². The molecular weight excluding hydrogens is 182 g/mol. The van der Waals surface area contributed by atoms with Crippen molar-refractivity contribution >= 4 is 11.9 Å². The second kappa shape index (κ2) is 3.55. The molecule has 0 atom stereocenters. The molecular formula is C9H9N3O2. The lowest BCUT2D eigenvalue weighted by Crippen LogP contribution is -1.98. The number of aromatic nitrogens is 3. The number of aliphatic hydroxyl groups excluding tert-OH is 1. The molecule has 0 aliphatic rings. The molecule has 2 rings (SSSR count). The van der Waals surface area contributed by atoms with Gasteiger partial charge in [0.25, 0.3) is 0 Å². The molecule has 5 heteroatoms. The zero-order chi connectivity index (χ0) is 9.97. The molecule has 2 aromatic rings. The van der Waals surface area contributed by atoms with Crippen molar-refractivity contribution < 1.29 is 9.90 Å². The number of hydrogen-bond acceptors (Lipinski definition) is 4. The van der Waals surface area contributed by atoms with Crippen molar-refractivity contribution in [2.75, 3.05) is 6.61 Å². The first-order chi connectivity index (χ1) is 6.85. The molecule has 0 unspecified atom stereocenters. The Morgan fingerprint density at radius 1 is 1.50 bits per heavy atom. The van der Waals surface area contributed by atoms with E-state index in [-0.39, 0.29) is 6.61 Å². The topological polar surface area (TPSA) is 67.5 Å². The third kappa shape index (κ3) is 1.38. The minimum atomic E-state index is 0.0379. The van der Waals surface area contributed by atoms with E-state index in [1.165, 1.54) is 0 Å². The van der Waals surface area contributed by atoms with Crippen molar-refractivity contribution in [3.63, 3.8) is 0 Å². The Morgan fingerprint density at radius 3 is 3.07 bits per heavy atom. The molecule has 0 bridgehead atoms. The maximum Gasteiger partial charge on any atom is 0.161 e. The summed E-state index contributed by atoms with van der Waals surface area (Å²) in [7, 11) is 0. The van der Waals surface area contributed by atoms with Crippen LogP contribution in [0.1, 0.15) is 16.2 Å². The van der Waals surface area contributed by atoms with E-state index in [0.717, 1.165) is 6.29 Å². The quantitative estimate of drug-likeness (QED) is 0.697. The van der Waals surface area contributed by atoms with Crippen molar-refractivity contribution in [3.05, 3.63) is 29.7 Å². The molecule has 0 radical (unpaired) electrons. The summed E-state index contributed by atoms with van der Waals surface area (Å²) in [5, 5.41) is 16.5. The molecule has 14 heavy (non-hydrogen) atoms. The Bertz CT molecular complexity index is 464. The van der Waals surface area contributed by atoms with E-state index in [0.29, 0.717) is 23.5 Å². The maximum absolute atomic E-state index is 10.5. The normalized spacial score (nSPS) is 10.6. The van der Waals surface area contributed by atoms with Gasteiger partial charge in [-0.05, 0) is 12.1 Å². The lowest BCUT2D eigenvalue weighted by Gasteiger charge is -1.96. The van der Waals surface area contributed by atoms with Gasteiger partial charge < -0.3 is 5.11 Å². The van der Waals surface area contributed by atoms with Gasteiger partial charge in [-0.25, -0.2) is 0 Å². The summed E-state index contributed by atoms with van der Waals surface area (Å²) < 4.78 is 1.75. The number of carbonyl (C=O) groups excluding carboxylic acids is 1. The number of nitrogens with zero attached hydrogens (tertiary/aromatic N) is 3. The highest BCUT2D eigenvalue weighted by Crippen LogP contribution is 2.06. The lowest BCUT2D eigenvalue weighted by atomic mass is 10.3. The van der Waals surface area contributed by atoms with E-state index in [1.54, 1.807) is 22.7 Å². The zero-order valence-corrected chi connectivity index (χ0v) is 7.42. The fraction of sp³-hybridized carbons (Fsp3) is 0.222. The molecule has 0 aromatic carbocycles. The molecule has 1 N–H and O–H groups in total. The molecule has 72 valence electrons. The molecule has 0 aliphatic heterocycles. The van der Waals surface area contributed by atoms with Crippen LogP contribution in [-0.2, 0) is 6.42 Å². The van der Waals surface area contributed by atoms with Crippen molar-refractivity contribution in [3.8, 4) is 0 Å². The molecule has 0 saturated heterocycles. The maximum atomic E-state index is 10.5. The molecule has 2 heterocycles. The van der Waals surface area contributed by atoms with Crippen LogP contribution in [0, 0.1) is 0 Å². The fourth-order valence-corrected chi connectivity index (χ4v) is 1.30. The van der Waals surface area contributed by atoms with Crippen molar-refractivity contribution in [2.24, 2.45) is 0 Å². The Balaban J connectivity index is 2.53. The second-order valence-electron chi connectivity index (χ2n) is 2.90. The predicted octanol–water partition coefficient (Wildman–Crippen LogP) is 0.0766. The third-order valence-electron chi connectivity index (χ3n) is 1.98. The first-order valence-electron chi connectivity index (χ1n) is 4.25. The van der Waals surface area contributed by atoms with Crippen LogP contribution in [-0.4, -0.2) is 32.6 Å². The number of pyridine rings is 1. The highest BCUT2D eigenvalue weighted by molar-refractivity contribution is 5.76. The molecule has 2 aromatic heterocycles. The van der Waals surface area contributed by atoms with Crippen molar-refractivity contribution in [2.45, 2.75) is 6.42 Å². The number of aliphatic hydroxyl groups is 1. The highest BCUT2D eigenvalue weighted by atomic mass is 16.3. The summed E-state index contributed by atoms with van der Waals surface area (Å²) in [5.41, 5.74) is 1.19. The van der Waals surface area contributed by atoms with Crippen LogP contribution < -0.4 is 0 Å². The van der Waals surface area contributed by atoms with Crippen LogP contribution in [0.4, 0.5) is 0 Å². The standard InChI is InChI=1S/C9H9N3O2/c13-4-2-8-10-11-9-5-7(6-14)1-3-12(8)9/h1,3,5-6,13H,2,4H2. The number of rotatable bonds is 3. The molecule has 5 nitrogen and oxygen atoms in total. The number of fused-ring (bicyclic) bond motifs is 1. The summed E-state index contributed by atoms with van der Waals surface area (Å²) in [4.78, 5) is 10.5. The average Bonchev–Trinajstić information content (AvgIpc) is 2.61. The molecule has 0 fully saturated rings. The average molecular weight is 191 g/mol. The van der Waals surface area contributed by atoms with Gasteiger partial charge in [-0.2, -0.15) is 0 Å². The summed E-state index contributed by atoms with van der Waals surface area (Å²) >= 11 is 0. The summed E-state index contributed by atoms with van der Waals surface area (Å²) in [6, 6.07) is 3.34. The van der Waals surface area contributed by atoms with Crippen molar-refractivity contribution in [1.29, 1.82) is 0 Å². The van der Waals surface area contributed by atoms with Crippen LogP contribution in [0.5, 0.6) is 0 Å². The second-order valence-corrected chi connectivity index (χ2v) is 2.90. The van der Waals surface area contributed by atoms with Gasteiger partial charge in [-0.3, -0.25) is 9.20 Å². The van der Waals surface area contributed by atoms with E-state index < -0.39 is 0 Å². The summed E-state index contributed by atoms with van der Waals surface area (Å²) in [6.07, 6.45) is 2.95. The van der Waals surface area contributed by atoms with Gasteiger partial charge in [-0.1, -0.05) is 0 Å². The predicted molar refractivity (Wildman–Crippen MR) is 49.2 cm³/mol. The zero-order valence-electron chi connectivity index (χ0n) is 7.42. The van der Waals surface area contributed by atoms with Gasteiger partial charge in [-0.15, -0.1) is 10.2 Å². The van der Waals surface area contributed by atoms with E-state index in [1.807, 2.05) is 0 Å². The first-order valence-corrected chi connectivity index (χ1v) is 4.25. The number of carbonyl (C=O) groups is 1. The SMILES string of the molecule is O=Cc1ccn2c(CCO)nnc2c1. The largest absolute Gasteiger partial charge is 0.396 e. The van der Waals surface area contributed by atoms with Gasteiger partial charge in [0, 0.05) is 18.2 Å². The molecule has 0 spiro atoms. The highest BCUT2D eigenvalue weighted by Gasteiger charge is 2.04. The van der Waals surface area contributed by atoms with Gasteiger partial charge in [0.1, 0.15) is 12.1 Å². The Kier molecular flexibility index (Phi) is 2.24. The minimum Gasteiger partial charge on any atom is -0.396 e. The van der Waals surface area contributed by atoms with Crippen LogP contribution in [0.15, 0.2) is 18.3 Å². The van der Waals surface area contributed by atoms with Gasteiger partial charge in [0.05, 0.1) is 6.61 Å². The summed E-state index contributed by atoms with van der Waals surface area (Å²) in [6.45, 7) is 0.0379. The third-order valence-corrected chi connectivity index (χ3v) is 1.98.